The highest BCUT2D eigenvalue weighted by Crippen LogP contribution is 2.35. The number of hydrogen-bond acceptors (Lipinski definition) is 0. The van der Waals surface area contributed by atoms with Gasteiger partial charge >= 0.3 is 0 Å². The standard InChI is InChI=1S/C8H12.C6H12.C2H6/c1-4-6-7-8(3)5-2;1-5(2)6-3-4-6;1-2/h1,5H,6-7H2,2-3H3;5-6H,3-4H2,1-2H3;1-2H3/b8-5-;;. The van der Waals surface area contributed by atoms with Crippen LogP contribution >= 0.6 is 0 Å². The van der Waals surface area contributed by atoms with Crippen molar-refractivity contribution in [3.8, 4) is 12.3 Å². The van der Waals surface area contributed by atoms with E-state index in [0.717, 1.165) is 24.7 Å². The smallest absolute Gasteiger partial charge is 0.0123 e. The largest absolute Gasteiger partial charge is 0.120 e. The van der Waals surface area contributed by atoms with Crippen LogP contribution in [-0.2, 0) is 0 Å². The molecule has 0 unspecified atom stereocenters. The van der Waals surface area contributed by atoms with Crippen LogP contribution in [0.3, 0.4) is 0 Å². The molecule has 0 atom stereocenters. The zero-order valence-corrected chi connectivity index (χ0v) is 12.1. The van der Waals surface area contributed by atoms with Gasteiger partial charge in [-0.05, 0) is 44.9 Å². The molecule has 0 N–H and O–H groups in total. The van der Waals surface area contributed by atoms with Crippen LogP contribution in [-0.4, -0.2) is 0 Å². The Morgan fingerprint density at radius 2 is 1.88 bits per heavy atom. The van der Waals surface area contributed by atoms with Crippen molar-refractivity contribution in [1.82, 2.24) is 0 Å². The normalized spacial score (nSPS) is 14.2. The summed E-state index contributed by atoms with van der Waals surface area (Å²) in [7, 11) is 0. The second kappa shape index (κ2) is 12.4. The van der Waals surface area contributed by atoms with Gasteiger partial charge in [0.2, 0.25) is 0 Å². The molecule has 1 aliphatic rings. The molecule has 0 heterocycles. The molecule has 1 saturated carbocycles. The highest BCUT2D eigenvalue weighted by Gasteiger charge is 2.23. The Bertz CT molecular complexity index is 199. The van der Waals surface area contributed by atoms with Crippen LogP contribution in [0.5, 0.6) is 0 Å². The van der Waals surface area contributed by atoms with Crippen molar-refractivity contribution in [3.05, 3.63) is 11.6 Å². The van der Waals surface area contributed by atoms with Gasteiger partial charge in [-0.25, -0.2) is 0 Å². The predicted octanol–water partition coefficient (Wildman–Crippen LogP) is 5.44. The zero-order valence-electron chi connectivity index (χ0n) is 12.1. The first kappa shape index (κ1) is 17.7. The van der Waals surface area contributed by atoms with Gasteiger partial charge in [-0.3, -0.25) is 0 Å². The van der Waals surface area contributed by atoms with Gasteiger partial charge in [0.05, 0.1) is 0 Å². The second-order valence-corrected chi connectivity index (χ2v) is 4.42. The second-order valence-electron chi connectivity index (χ2n) is 4.42. The predicted molar refractivity (Wildman–Crippen MR) is 76.4 cm³/mol. The van der Waals surface area contributed by atoms with E-state index in [0.29, 0.717) is 0 Å². The molecule has 0 spiro atoms. The lowest BCUT2D eigenvalue weighted by Crippen LogP contribution is -1.85. The Balaban J connectivity index is 0. The Labute approximate surface area is 104 Å². The van der Waals surface area contributed by atoms with E-state index in [2.05, 4.69) is 32.8 Å². The summed E-state index contributed by atoms with van der Waals surface area (Å²) < 4.78 is 0. The molecule has 94 valence electrons. The van der Waals surface area contributed by atoms with E-state index in [1.54, 1.807) is 0 Å². The molecule has 1 rings (SSSR count). The molecule has 0 bridgehead atoms. The molecule has 0 aromatic heterocycles. The van der Waals surface area contributed by atoms with Gasteiger partial charge in [0.1, 0.15) is 0 Å². The molecule has 0 radical (unpaired) electrons. The average molecular weight is 222 g/mol. The zero-order chi connectivity index (χ0) is 13.0. The minimum Gasteiger partial charge on any atom is -0.120 e. The van der Waals surface area contributed by atoms with Gasteiger partial charge < -0.3 is 0 Å². The Morgan fingerprint density at radius 1 is 1.38 bits per heavy atom. The van der Waals surface area contributed by atoms with Gasteiger partial charge in [0.25, 0.3) is 0 Å². The van der Waals surface area contributed by atoms with E-state index in [4.69, 9.17) is 6.42 Å². The lowest BCUT2D eigenvalue weighted by molar-refractivity contribution is 0.563. The number of terminal acetylenes is 1. The van der Waals surface area contributed by atoms with E-state index in [9.17, 15) is 0 Å². The SMILES string of the molecule is C#CCC/C(C)=C\C.CC.CC(C)C1CC1. The maximum absolute atomic E-state index is 5.05. The van der Waals surface area contributed by atoms with Crippen LogP contribution < -0.4 is 0 Å². The fourth-order valence-corrected chi connectivity index (χ4v) is 1.18. The van der Waals surface area contributed by atoms with Crippen molar-refractivity contribution in [2.75, 3.05) is 0 Å². The summed E-state index contributed by atoms with van der Waals surface area (Å²) in [5.41, 5.74) is 1.38. The number of allylic oxidation sites excluding steroid dienone is 2. The van der Waals surface area contributed by atoms with Crippen molar-refractivity contribution in [1.29, 1.82) is 0 Å². The Hall–Kier alpha value is -0.700. The van der Waals surface area contributed by atoms with E-state index in [1.165, 1.54) is 18.4 Å². The molecule has 0 nitrogen and oxygen atoms in total. The molecule has 0 saturated heterocycles. The molecule has 0 aliphatic heterocycles. The lowest BCUT2D eigenvalue weighted by atomic mass is 10.1. The van der Waals surface area contributed by atoms with Crippen molar-refractivity contribution in [2.24, 2.45) is 11.8 Å². The van der Waals surface area contributed by atoms with Gasteiger partial charge in [-0.1, -0.05) is 39.3 Å². The Morgan fingerprint density at radius 3 is 2.06 bits per heavy atom. The summed E-state index contributed by atoms with van der Waals surface area (Å²) in [5, 5.41) is 0. The minimum absolute atomic E-state index is 0.871. The molecule has 0 heteroatoms. The third kappa shape index (κ3) is 13.3. The van der Waals surface area contributed by atoms with Gasteiger partial charge in [0, 0.05) is 6.42 Å². The summed E-state index contributed by atoms with van der Waals surface area (Å²) in [4.78, 5) is 0. The molecule has 0 amide bonds. The highest BCUT2D eigenvalue weighted by molar-refractivity contribution is 4.99. The van der Waals surface area contributed by atoms with Crippen molar-refractivity contribution in [3.63, 3.8) is 0 Å². The summed E-state index contributed by atoms with van der Waals surface area (Å²) in [6.45, 7) is 12.7. The van der Waals surface area contributed by atoms with E-state index in [-0.39, 0.29) is 0 Å². The van der Waals surface area contributed by atoms with E-state index >= 15 is 0 Å². The maximum atomic E-state index is 5.05. The summed E-state index contributed by atoms with van der Waals surface area (Å²) in [6, 6.07) is 0. The van der Waals surface area contributed by atoms with Crippen LogP contribution in [0.2, 0.25) is 0 Å². The third-order valence-corrected chi connectivity index (χ3v) is 2.72. The van der Waals surface area contributed by atoms with Crippen LogP contribution in [0.15, 0.2) is 11.6 Å². The monoisotopic (exact) mass is 222 g/mol. The highest BCUT2D eigenvalue weighted by atomic mass is 14.3. The molecule has 1 aliphatic carbocycles. The number of hydrogen-bond donors (Lipinski definition) is 0. The average Bonchev–Trinajstić information content (AvgIpc) is 3.13. The lowest BCUT2D eigenvalue weighted by Gasteiger charge is -1.94. The van der Waals surface area contributed by atoms with Crippen LogP contribution in [0.1, 0.15) is 67.2 Å². The first-order chi connectivity index (χ1) is 7.61. The topological polar surface area (TPSA) is 0 Å². The molecule has 16 heavy (non-hydrogen) atoms. The number of rotatable bonds is 3. The molecule has 0 aromatic rings. The quantitative estimate of drug-likeness (QED) is 0.440. The molecule has 0 aromatic carbocycles. The summed E-state index contributed by atoms with van der Waals surface area (Å²) in [5.74, 6) is 4.66. The van der Waals surface area contributed by atoms with Gasteiger partial charge in [-0.2, -0.15) is 0 Å². The van der Waals surface area contributed by atoms with E-state index < -0.39 is 0 Å². The fraction of sp³-hybridized carbons (Fsp3) is 0.750. The first-order valence-corrected chi connectivity index (χ1v) is 6.67. The van der Waals surface area contributed by atoms with Crippen molar-refractivity contribution < 1.29 is 0 Å². The molecule has 1 fully saturated rings. The summed E-state index contributed by atoms with van der Waals surface area (Å²) >= 11 is 0. The third-order valence-electron chi connectivity index (χ3n) is 2.72. The first-order valence-electron chi connectivity index (χ1n) is 6.67. The van der Waals surface area contributed by atoms with Crippen molar-refractivity contribution in [2.45, 2.75) is 67.2 Å². The minimum atomic E-state index is 0.871. The molecular formula is C16H30. The maximum Gasteiger partial charge on any atom is 0.0123 e. The van der Waals surface area contributed by atoms with Gasteiger partial charge in [-0.15, -0.1) is 12.3 Å². The van der Waals surface area contributed by atoms with E-state index in [1.807, 2.05) is 20.8 Å². The van der Waals surface area contributed by atoms with Crippen molar-refractivity contribution >= 4 is 0 Å². The summed E-state index contributed by atoms with van der Waals surface area (Å²) in [6.07, 6.45) is 12.1. The van der Waals surface area contributed by atoms with Crippen LogP contribution in [0, 0.1) is 24.2 Å². The fourth-order valence-electron chi connectivity index (χ4n) is 1.18. The van der Waals surface area contributed by atoms with Gasteiger partial charge in [0.15, 0.2) is 0 Å². The van der Waals surface area contributed by atoms with Crippen LogP contribution in [0.4, 0.5) is 0 Å². The molecular weight excluding hydrogens is 192 g/mol. The Kier molecular flexibility index (Phi) is 13.7. The van der Waals surface area contributed by atoms with Crippen LogP contribution in [0.25, 0.3) is 0 Å².